The molecule has 2 N–H and O–H groups in total. The van der Waals surface area contributed by atoms with Crippen molar-refractivity contribution in [3.8, 4) is 0 Å². The van der Waals surface area contributed by atoms with Gasteiger partial charge in [-0.25, -0.2) is 0 Å². The lowest BCUT2D eigenvalue weighted by Gasteiger charge is -2.25. The standard InChI is InChI=1S/C19H21N3/c1-13-6-7-14(12-21-13)8-9-17-19-15-4-2-3-5-16(15)22-18(19)10-11-20-17/h2-7,12,17,20,22H,8-11H2,1H3. The highest BCUT2D eigenvalue weighted by Crippen LogP contribution is 2.33. The molecule has 0 bridgehead atoms. The molecule has 1 unspecified atom stereocenters. The summed E-state index contributed by atoms with van der Waals surface area (Å²) in [4.78, 5) is 8.00. The molecule has 3 nitrogen and oxygen atoms in total. The molecule has 0 aliphatic carbocycles. The van der Waals surface area contributed by atoms with Gasteiger partial charge in [-0.15, -0.1) is 0 Å². The Balaban J connectivity index is 1.60. The lowest BCUT2D eigenvalue weighted by molar-refractivity contribution is 0.476. The highest BCUT2D eigenvalue weighted by Gasteiger charge is 2.23. The number of rotatable bonds is 3. The van der Waals surface area contributed by atoms with Crippen molar-refractivity contribution in [2.45, 2.75) is 32.2 Å². The fraction of sp³-hybridized carbons (Fsp3) is 0.316. The zero-order chi connectivity index (χ0) is 14.9. The zero-order valence-electron chi connectivity index (χ0n) is 12.9. The first-order valence-corrected chi connectivity index (χ1v) is 8.05. The maximum absolute atomic E-state index is 4.40. The number of para-hydroxylation sites is 1. The predicted molar refractivity (Wildman–Crippen MR) is 90.0 cm³/mol. The first-order chi connectivity index (χ1) is 10.8. The molecule has 4 rings (SSSR count). The van der Waals surface area contributed by atoms with Crippen LogP contribution in [0.15, 0.2) is 42.6 Å². The second-order valence-electron chi connectivity index (χ2n) is 6.17. The number of aromatic nitrogens is 2. The van der Waals surface area contributed by atoms with Crippen LogP contribution in [-0.4, -0.2) is 16.5 Å². The summed E-state index contributed by atoms with van der Waals surface area (Å²) in [6.07, 6.45) is 5.27. The molecule has 1 aliphatic rings. The molecule has 0 fully saturated rings. The van der Waals surface area contributed by atoms with E-state index in [2.05, 4.69) is 51.7 Å². The second kappa shape index (κ2) is 5.58. The van der Waals surface area contributed by atoms with Crippen LogP contribution in [0.2, 0.25) is 0 Å². The van der Waals surface area contributed by atoms with Gasteiger partial charge in [0.1, 0.15) is 0 Å². The Morgan fingerprint density at radius 2 is 2.09 bits per heavy atom. The highest BCUT2D eigenvalue weighted by atomic mass is 14.9. The van der Waals surface area contributed by atoms with Gasteiger partial charge in [0.05, 0.1) is 0 Å². The largest absolute Gasteiger partial charge is 0.358 e. The number of aryl methyl sites for hydroxylation is 2. The number of nitrogens with zero attached hydrogens (tertiary/aromatic N) is 1. The molecule has 3 heteroatoms. The van der Waals surface area contributed by atoms with Crippen LogP contribution < -0.4 is 5.32 Å². The minimum Gasteiger partial charge on any atom is -0.358 e. The van der Waals surface area contributed by atoms with Gasteiger partial charge in [0, 0.05) is 47.5 Å². The molecular formula is C19H21N3. The van der Waals surface area contributed by atoms with Gasteiger partial charge in [-0.3, -0.25) is 4.98 Å². The van der Waals surface area contributed by atoms with E-state index in [4.69, 9.17) is 0 Å². The quantitative estimate of drug-likeness (QED) is 0.772. The van der Waals surface area contributed by atoms with E-state index in [-0.39, 0.29) is 0 Å². The third-order valence-corrected chi connectivity index (χ3v) is 4.64. The monoisotopic (exact) mass is 291 g/mol. The Morgan fingerprint density at radius 1 is 1.18 bits per heavy atom. The summed E-state index contributed by atoms with van der Waals surface area (Å²) in [6, 6.07) is 13.4. The number of fused-ring (bicyclic) bond motifs is 3. The first kappa shape index (κ1) is 13.5. The first-order valence-electron chi connectivity index (χ1n) is 8.05. The lowest BCUT2D eigenvalue weighted by atomic mass is 9.93. The summed E-state index contributed by atoms with van der Waals surface area (Å²) in [6.45, 7) is 3.08. The van der Waals surface area contributed by atoms with Crippen molar-refractivity contribution < 1.29 is 0 Å². The van der Waals surface area contributed by atoms with Gasteiger partial charge in [-0.1, -0.05) is 24.3 Å². The number of nitrogens with one attached hydrogen (secondary N) is 2. The maximum atomic E-state index is 4.40. The van der Waals surface area contributed by atoms with Crippen LogP contribution in [0.5, 0.6) is 0 Å². The van der Waals surface area contributed by atoms with E-state index in [0.29, 0.717) is 6.04 Å². The molecule has 1 aromatic carbocycles. The lowest BCUT2D eigenvalue weighted by Crippen LogP contribution is -2.29. The number of benzene rings is 1. The van der Waals surface area contributed by atoms with Gasteiger partial charge >= 0.3 is 0 Å². The Kier molecular flexibility index (Phi) is 3.43. The van der Waals surface area contributed by atoms with Crippen LogP contribution in [0.4, 0.5) is 0 Å². The fourth-order valence-electron chi connectivity index (χ4n) is 3.49. The zero-order valence-corrected chi connectivity index (χ0v) is 12.9. The minimum absolute atomic E-state index is 0.432. The van der Waals surface area contributed by atoms with Crippen molar-refractivity contribution >= 4 is 10.9 Å². The van der Waals surface area contributed by atoms with Crippen LogP contribution >= 0.6 is 0 Å². The van der Waals surface area contributed by atoms with Gasteiger partial charge in [0.2, 0.25) is 0 Å². The minimum atomic E-state index is 0.432. The van der Waals surface area contributed by atoms with E-state index in [1.54, 1.807) is 0 Å². The molecule has 112 valence electrons. The van der Waals surface area contributed by atoms with Gasteiger partial charge < -0.3 is 10.3 Å². The van der Waals surface area contributed by atoms with Crippen molar-refractivity contribution in [3.63, 3.8) is 0 Å². The second-order valence-corrected chi connectivity index (χ2v) is 6.17. The molecule has 0 saturated carbocycles. The fourth-order valence-corrected chi connectivity index (χ4v) is 3.49. The summed E-state index contributed by atoms with van der Waals surface area (Å²) in [5.41, 5.74) is 6.55. The maximum Gasteiger partial charge on any atom is 0.0459 e. The van der Waals surface area contributed by atoms with E-state index in [9.17, 15) is 0 Å². The SMILES string of the molecule is Cc1ccc(CCC2NCCc3[nH]c4ccccc4c32)cn1. The van der Waals surface area contributed by atoms with Crippen LogP contribution in [-0.2, 0) is 12.8 Å². The van der Waals surface area contributed by atoms with E-state index < -0.39 is 0 Å². The van der Waals surface area contributed by atoms with Crippen molar-refractivity contribution in [2.24, 2.45) is 0 Å². The van der Waals surface area contributed by atoms with Gasteiger partial charge in [0.15, 0.2) is 0 Å². The summed E-state index contributed by atoms with van der Waals surface area (Å²) < 4.78 is 0. The normalized spacial score (nSPS) is 17.6. The molecule has 0 saturated heterocycles. The Labute approximate surface area is 130 Å². The Morgan fingerprint density at radius 3 is 2.95 bits per heavy atom. The number of pyridine rings is 1. The molecular weight excluding hydrogens is 270 g/mol. The highest BCUT2D eigenvalue weighted by molar-refractivity contribution is 5.85. The molecule has 3 heterocycles. The van der Waals surface area contributed by atoms with Crippen LogP contribution in [0.1, 0.15) is 35.0 Å². The Hall–Kier alpha value is -2.13. The van der Waals surface area contributed by atoms with Crippen LogP contribution in [0.3, 0.4) is 0 Å². The smallest absolute Gasteiger partial charge is 0.0459 e. The number of hydrogen-bond donors (Lipinski definition) is 2. The molecule has 22 heavy (non-hydrogen) atoms. The summed E-state index contributed by atoms with van der Waals surface area (Å²) in [5, 5.41) is 5.07. The number of aromatic amines is 1. The molecule has 0 radical (unpaired) electrons. The number of H-pyrrole nitrogens is 1. The summed E-state index contributed by atoms with van der Waals surface area (Å²) in [7, 11) is 0. The third kappa shape index (κ3) is 2.42. The van der Waals surface area contributed by atoms with E-state index in [0.717, 1.165) is 31.5 Å². The molecule has 0 spiro atoms. The molecule has 0 amide bonds. The average molecular weight is 291 g/mol. The van der Waals surface area contributed by atoms with Gasteiger partial charge in [-0.05, 0) is 43.0 Å². The van der Waals surface area contributed by atoms with Gasteiger partial charge in [-0.2, -0.15) is 0 Å². The van der Waals surface area contributed by atoms with E-state index in [1.807, 2.05) is 13.1 Å². The molecule has 3 aromatic rings. The summed E-state index contributed by atoms with van der Waals surface area (Å²) in [5.74, 6) is 0. The predicted octanol–water partition coefficient (Wildman–Crippen LogP) is 3.69. The third-order valence-electron chi connectivity index (χ3n) is 4.64. The van der Waals surface area contributed by atoms with Crippen LogP contribution in [0, 0.1) is 6.92 Å². The topological polar surface area (TPSA) is 40.7 Å². The van der Waals surface area contributed by atoms with Crippen LogP contribution in [0.25, 0.3) is 10.9 Å². The van der Waals surface area contributed by atoms with Crippen molar-refractivity contribution in [1.29, 1.82) is 0 Å². The Bertz CT molecular complexity index is 786. The molecule has 1 aliphatic heterocycles. The molecule has 1 atom stereocenters. The average Bonchev–Trinajstić information content (AvgIpc) is 2.93. The van der Waals surface area contributed by atoms with E-state index in [1.165, 1.54) is 27.7 Å². The van der Waals surface area contributed by atoms with Gasteiger partial charge in [0.25, 0.3) is 0 Å². The van der Waals surface area contributed by atoms with Crippen molar-refractivity contribution in [2.75, 3.05) is 6.54 Å². The van der Waals surface area contributed by atoms with Crippen molar-refractivity contribution in [1.82, 2.24) is 15.3 Å². The van der Waals surface area contributed by atoms with E-state index >= 15 is 0 Å². The molecule has 2 aromatic heterocycles. The van der Waals surface area contributed by atoms with Crippen molar-refractivity contribution in [3.05, 3.63) is 65.1 Å². The summed E-state index contributed by atoms with van der Waals surface area (Å²) >= 11 is 0. The number of hydrogen-bond acceptors (Lipinski definition) is 2.